The molecule has 1 atom stereocenters. The van der Waals surface area contributed by atoms with Gasteiger partial charge in [0.15, 0.2) is 0 Å². The van der Waals surface area contributed by atoms with Crippen LogP contribution < -0.4 is 9.62 Å². The van der Waals surface area contributed by atoms with Crippen molar-refractivity contribution in [1.29, 1.82) is 0 Å². The van der Waals surface area contributed by atoms with Gasteiger partial charge in [-0.05, 0) is 67.8 Å². The molecule has 0 bridgehead atoms. The molecule has 1 fully saturated rings. The second kappa shape index (κ2) is 13.0. The Labute approximate surface area is 243 Å². The number of hydrogen-bond donors (Lipinski definition) is 1. The van der Waals surface area contributed by atoms with Gasteiger partial charge in [0.2, 0.25) is 11.8 Å². The van der Waals surface area contributed by atoms with Crippen LogP contribution >= 0.6 is 27.5 Å². The molecule has 3 aromatic carbocycles. The van der Waals surface area contributed by atoms with Crippen LogP contribution in [0.4, 0.5) is 5.69 Å². The summed E-state index contributed by atoms with van der Waals surface area (Å²) >= 11 is 9.62. The van der Waals surface area contributed by atoms with Crippen LogP contribution in [-0.4, -0.2) is 43.8 Å². The van der Waals surface area contributed by atoms with E-state index in [0.29, 0.717) is 5.02 Å². The van der Waals surface area contributed by atoms with Gasteiger partial charge in [-0.15, -0.1) is 0 Å². The summed E-state index contributed by atoms with van der Waals surface area (Å²) in [4.78, 5) is 28.7. The van der Waals surface area contributed by atoms with E-state index in [1.54, 1.807) is 43.3 Å². The minimum absolute atomic E-state index is 0.0456. The third-order valence-corrected chi connectivity index (χ3v) is 9.39. The van der Waals surface area contributed by atoms with E-state index in [1.165, 1.54) is 23.1 Å². The zero-order chi connectivity index (χ0) is 28.0. The van der Waals surface area contributed by atoms with Crippen LogP contribution in [0.25, 0.3) is 0 Å². The number of carbonyl (C=O) groups excluding carboxylic acids is 2. The minimum atomic E-state index is -4.12. The highest BCUT2D eigenvalue weighted by atomic mass is 79.9. The summed E-state index contributed by atoms with van der Waals surface area (Å²) in [5.74, 6) is -0.765. The summed E-state index contributed by atoms with van der Waals surface area (Å²) < 4.78 is 29.5. The number of anilines is 1. The number of rotatable bonds is 10. The number of nitrogens with zero attached hydrogens (tertiary/aromatic N) is 2. The number of sulfonamides is 1. The van der Waals surface area contributed by atoms with Crippen molar-refractivity contribution in [2.75, 3.05) is 10.8 Å². The summed E-state index contributed by atoms with van der Waals surface area (Å²) in [7, 11) is -4.12. The molecule has 1 saturated carbocycles. The van der Waals surface area contributed by atoms with Crippen LogP contribution in [0.3, 0.4) is 0 Å². The van der Waals surface area contributed by atoms with Crippen LogP contribution in [0.1, 0.15) is 38.2 Å². The van der Waals surface area contributed by atoms with Crippen molar-refractivity contribution in [2.45, 2.75) is 56.1 Å². The van der Waals surface area contributed by atoms with Gasteiger partial charge in [0, 0.05) is 22.1 Å². The molecule has 0 unspecified atom stereocenters. The molecule has 0 aromatic heterocycles. The standard InChI is InChI=1S/C29H31BrClN3O4S/c1-21(29(36)32-25-9-5-6-10-25)33(19-22-14-16-23(30)17-15-22)28(35)20-34(26-11-7-8-24(31)18-26)39(37,38)27-12-3-2-4-13-27/h2-4,7-8,11-18,21,25H,5-6,9-10,19-20H2,1H3,(H,32,36)/t21-/m1/s1. The normalized spacial score (nSPS) is 14.5. The van der Waals surface area contributed by atoms with Crippen LogP contribution in [0, 0.1) is 0 Å². The summed E-state index contributed by atoms with van der Waals surface area (Å²) in [5, 5.41) is 3.41. The Morgan fingerprint density at radius 3 is 2.31 bits per heavy atom. The van der Waals surface area contributed by atoms with E-state index in [4.69, 9.17) is 11.6 Å². The van der Waals surface area contributed by atoms with Gasteiger partial charge in [0.25, 0.3) is 10.0 Å². The Morgan fingerprint density at radius 1 is 1.00 bits per heavy atom. The molecular formula is C29H31BrClN3O4S. The minimum Gasteiger partial charge on any atom is -0.352 e. The molecule has 7 nitrogen and oxygen atoms in total. The molecule has 0 saturated heterocycles. The predicted molar refractivity (Wildman–Crippen MR) is 157 cm³/mol. The van der Waals surface area contributed by atoms with Crippen molar-refractivity contribution < 1.29 is 18.0 Å². The summed E-state index contributed by atoms with van der Waals surface area (Å²) in [5.41, 5.74) is 1.07. The molecule has 39 heavy (non-hydrogen) atoms. The largest absolute Gasteiger partial charge is 0.352 e. The fourth-order valence-electron chi connectivity index (χ4n) is 4.64. The molecule has 0 radical (unpaired) electrons. The summed E-state index contributed by atoms with van der Waals surface area (Å²) in [6.45, 7) is 1.31. The fourth-order valence-corrected chi connectivity index (χ4v) is 6.52. The molecule has 2 amide bonds. The number of halogens is 2. The van der Waals surface area contributed by atoms with Crippen LogP contribution in [0.15, 0.2) is 88.2 Å². The van der Waals surface area contributed by atoms with Crippen molar-refractivity contribution in [1.82, 2.24) is 10.2 Å². The van der Waals surface area contributed by atoms with Crippen LogP contribution in [0.2, 0.25) is 5.02 Å². The maximum atomic E-state index is 13.9. The highest BCUT2D eigenvalue weighted by Gasteiger charge is 2.33. The quantitative estimate of drug-likeness (QED) is 0.307. The zero-order valence-electron chi connectivity index (χ0n) is 21.6. The van der Waals surface area contributed by atoms with Gasteiger partial charge in [-0.2, -0.15) is 0 Å². The number of carbonyl (C=O) groups is 2. The van der Waals surface area contributed by atoms with E-state index in [9.17, 15) is 18.0 Å². The summed E-state index contributed by atoms with van der Waals surface area (Å²) in [6, 6.07) is 21.0. The van der Waals surface area contributed by atoms with Crippen LogP contribution in [0.5, 0.6) is 0 Å². The predicted octanol–water partition coefficient (Wildman–Crippen LogP) is 5.77. The highest BCUT2D eigenvalue weighted by molar-refractivity contribution is 9.10. The van der Waals surface area contributed by atoms with E-state index >= 15 is 0 Å². The Hall–Kier alpha value is -2.88. The van der Waals surface area contributed by atoms with Crippen LogP contribution in [-0.2, 0) is 26.2 Å². The Balaban J connectivity index is 1.67. The van der Waals surface area contributed by atoms with Gasteiger partial charge in [0.05, 0.1) is 10.6 Å². The third kappa shape index (κ3) is 7.41. The van der Waals surface area contributed by atoms with E-state index in [2.05, 4.69) is 21.2 Å². The number of hydrogen-bond acceptors (Lipinski definition) is 4. The lowest BCUT2D eigenvalue weighted by Crippen LogP contribution is -2.52. The van der Waals surface area contributed by atoms with Gasteiger partial charge in [-0.1, -0.05) is 76.8 Å². The molecule has 0 spiro atoms. The van der Waals surface area contributed by atoms with Crippen molar-refractivity contribution in [2.24, 2.45) is 0 Å². The second-order valence-electron chi connectivity index (χ2n) is 9.62. The molecule has 1 aliphatic carbocycles. The maximum Gasteiger partial charge on any atom is 0.264 e. The Morgan fingerprint density at radius 2 is 1.67 bits per heavy atom. The van der Waals surface area contributed by atoms with Crippen molar-refractivity contribution in [3.63, 3.8) is 0 Å². The van der Waals surface area contributed by atoms with E-state index in [0.717, 1.165) is 40.0 Å². The first-order chi connectivity index (χ1) is 18.6. The molecule has 4 rings (SSSR count). The molecular weight excluding hydrogens is 602 g/mol. The van der Waals surface area contributed by atoms with Crippen molar-refractivity contribution >= 4 is 55.1 Å². The van der Waals surface area contributed by atoms with Gasteiger partial charge < -0.3 is 10.2 Å². The lowest BCUT2D eigenvalue weighted by molar-refractivity contribution is -0.139. The second-order valence-corrected chi connectivity index (χ2v) is 12.8. The van der Waals surface area contributed by atoms with Gasteiger partial charge in [0.1, 0.15) is 12.6 Å². The Bertz CT molecular complexity index is 1400. The first-order valence-electron chi connectivity index (χ1n) is 12.8. The molecule has 10 heteroatoms. The van der Waals surface area contributed by atoms with E-state index in [1.807, 2.05) is 24.3 Å². The monoisotopic (exact) mass is 631 g/mol. The number of nitrogens with one attached hydrogen (secondary N) is 1. The SMILES string of the molecule is C[C@H](C(=O)NC1CCCC1)N(Cc1ccc(Br)cc1)C(=O)CN(c1cccc(Cl)c1)S(=O)(=O)c1ccccc1. The topological polar surface area (TPSA) is 86.8 Å². The van der Waals surface area contributed by atoms with E-state index < -0.39 is 28.5 Å². The lowest BCUT2D eigenvalue weighted by atomic mass is 10.1. The molecule has 1 N–H and O–H groups in total. The first-order valence-corrected chi connectivity index (χ1v) is 15.4. The summed E-state index contributed by atoms with van der Waals surface area (Å²) in [6.07, 6.45) is 3.95. The first kappa shape index (κ1) is 29.1. The fraction of sp³-hybridized carbons (Fsp3) is 0.310. The smallest absolute Gasteiger partial charge is 0.264 e. The average Bonchev–Trinajstić information content (AvgIpc) is 3.44. The zero-order valence-corrected chi connectivity index (χ0v) is 24.8. The number of benzene rings is 3. The van der Waals surface area contributed by atoms with E-state index in [-0.39, 0.29) is 29.1 Å². The maximum absolute atomic E-state index is 13.9. The molecule has 3 aromatic rings. The molecule has 0 aliphatic heterocycles. The molecule has 0 heterocycles. The lowest BCUT2D eigenvalue weighted by Gasteiger charge is -2.32. The third-order valence-electron chi connectivity index (χ3n) is 6.84. The van der Waals surface area contributed by atoms with Gasteiger partial charge >= 0.3 is 0 Å². The Kier molecular flexibility index (Phi) is 9.69. The average molecular weight is 633 g/mol. The number of amides is 2. The van der Waals surface area contributed by atoms with Gasteiger partial charge in [-0.25, -0.2) is 8.42 Å². The van der Waals surface area contributed by atoms with Crippen molar-refractivity contribution in [3.8, 4) is 0 Å². The molecule has 1 aliphatic rings. The molecule has 206 valence electrons. The highest BCUT2D eigenvalue weighted by Crippen LogP contribution is 2.27. The van der Waals surface area contributed by atoms with Gasteiger partial charge in [-0.3, -0.25) is 13.9 Å². The van der Waals surface area contributed by atoms with Crippen molar-refractivity contribution in [3.05, 3.63) is 93.9 Å².